The minimum atomic E-state index is 1.12. The first kappa shape index (κ1) is 26.7. The summed E-state index contributed by atoms with van der Waals surface area (Å²) in [7, 11) is 0. The Hall–Kier alpha value is -5.70. The molecule has 1 aromatic heterocycles. The van der Waals surface area contributed by atoms with Gasteiger partial charge in [-0.05, 0) is 86.8 Å². The van der Waals surface area contributed by atoms with Crippen molar-refractivity contribution in [3.05, 3.63) is 176 Å². The molecule has 9 rings (SSSR count). The van der Waals surface area contributed by atoms with Gasteiger partial charge in [0.2, 0.25) is 0 Å². The van der Waals surface area contributed by atoms with Crippen LogP contribution in [0.4, 0.5) is 17.1 Å². The molecule has 0 aliphatic carbocycles. The summed E-state index contributed by atoms with van der Waals surface area (Å²) in [5, 5.41) is 7.73. The van der Waals surface area contributed by atoms with Crippen LogP contribution >= 0.6 is 11.3 Å². The van der Waals surface area contributed by atoms with E-state index in [-0.39, 0.29) is 0 Å². The highest BCUT2D eigenvalue weighted by Gasteiger charge is 2.18. The second-order valence-electron chi connectivity index (χ2n) is 11.8. The highest BCUT2D eigenvalue weighted by Crippen LogP contribution is 2.44. The Morgan fingerprint density at radius 3 is 1.96 bits per heavy atom. The lowest BCUT2D eigenvalue weighted by atomic mass is 9.99. The van der Waals surface area contributed by atoms with E-state index in [1.54, 1.807) is 0 Å². The van der Waals surface area contributed by atoms with Crippen molar-refractivity contribution in [2.75, 3.05) is 4.90 Å². The van der Waals surface area contributed by atoms with Crippen LogP contribution < -0.4 is 4.90 Å². The summed E-state index contributed by atoms with van der Waals surface area (Å²) in [6.45, 7) is 0. The average Bonchev–Trinajstić information content (AvgIpc) is 3.52. The summed E-state index contributed by atoms with van der Waals surface area (Å²) in [5.41, 5.74) is 8.22. The van der Waals surface area contributed by atoms with Gasteiger partial charge in [-0.15, -0.1) is 11.3 Å². The minimum Gasteiger partial charge on any atom is -0.310 e. The maximum absolute atomic E-state index is 2.40. The standard InChI is InChI=1S/C44H29NS/c1-2-11-32(12-3-1)38-14-6-8-16-41(38)45(36-23-20-31(21-24-36)34-19-18-30-10-4-5-13-33(30)28-34)37-25-26-39-35(29-37)22-27-43-44(39)40-15-7-9-17-42(40)46-43/h1-29H. The Morgan fingerprint density at radius 2 is 1.07 bits per heavy atom. The maximum atomic E-state index is 2.40. The molecule has 1 nitrogen and oxygen atoms in total. The molecule has 0 radical (unpaired) electrons. The maximum Gasteiger partial charge on any atom is 0.0540 e. The molecule has 0 spiro atoms. The van der Waals surface area contributed by atoms with Crippen molar-refractivity contribution < 1.29 is 0 Å². The van der Waals surface area contributed by atoms with E-state index in [1.807, 2.05) is 11.3 Å². The fourth-order valence-corrected chi connectivity index (χ4v) is 7.93. The molecule has 2 heteroatoms. The van der Waals surface area contributed by atoms with Crippen LogP contribution in [-0.4, -0.2) is 0 Å². The molecule has 216 valence electrons. The van der Waals surface area contributed by atoms with Crippen molar-refractivity contribution in [3.8, 4) is 22.3 Å². The number of benzene rings is 8. The van der Waals surface area contributed by atoms with Gasteiger partial charge in [0, 0.05) is 37.1 Å². The molecule has 0 fully saturated rings. The van der Waals surface area contributed by atoms with Gasteiger partial charge < -0.3 is 4.90 Å². The molecule has 8 aromatic carbocycles. The van der Waals surface area contributed by atoms with Crippen LogP contribution in [0.25, 0.3) is 64.0 Å². The number of para-hydroxylation sites is 1. The predicted molar refractivity (Wildman–Crippen MR) is 200 cm³/mol. The van der Waals surface area contributed by atoms with E-state index in [9.17, 15) is 0 Å². The van der Waals surface area contributed by atoms with E-state index < -0.39 is 0 Å². The molecule has 0 atom stereocenters. The number of thiophene rings is 1. The van der Waals surface area contributed by atoms with Gasteiger partial charge in [-0.25, -0.2) is 0 Å². The van der Waals surface area contributed by atoms with Crippen molar-refractivity contribution >= 4 is 70.1 Å². The second kappa shape index (κ2) is 11.0. The Morgan fingerprint density at radius 1 is 0.370 bits per heavy atom. The number of anilines is 3. The predicted octanol–water partition coefficient (Wildman–Crippen LogP) is 13.2. The van der Waals surface area contributed by atoms with E-state index in [4.69, 9.17) is 0 Å². The van der Waals surface area contributed by atoms with Crippen LogP contribution in [0.15, 0.2) is 176 Å². The molecule has 0 bridgehead atoms. The van der Waals surface area contributed by atoms with Crippen molar-refractivity contribution in [3.63, 3.8) is 0 Å². The van der Waals surface area contributed by atoms with Gasteiger partial charge >= 0.3 is 0 Å². The van der Waals surface area contributed by atoms with E-state index in [2.05, 4.69) is 181 Å². The molecular weight excluding hydrogens is 575 g/mol. The highest BCUT2D eigenvalue weighted by molar-refractivity contribution is 7.26. The van der Waals surface area contributed by atoms with Crippen molar-refractivity contribution in [2.24, 2.45) is 0 Å². The first-order valence-corrected chi connectivity index (χ1v) is 16.5. The van der Waals surface area contributed by atoms with E-state index >= 15 is 0 Å². The fourth-order valence-electron chi connectivity index (χ4n) is 6.81. The molecule has 0 aliphatic heterocycles. The third-order valence-electron chi connectivity index (χ3n) is 9.04. The Bertz CT molecular complexity index is 2530. The van der Waals surface area contributed by atoms with Gasteiger partial charge in [0.1, 0.15) is 0 Å². The summed E-state index contributed by atoms with van der Waals surface area (Å²) in [4.78, 5) is 2.40. The molecule has 9 aromatic rings. The summed E-state index contributed by atoms with van der Waals surface area (Å²) >= 11 is 1.87. The Kier molecular flexibility index (Phi) is 6.40. The molecule has 0 saturated carbocycles. The first-order valence-electron chi connectivity index (χ1n) is 15.7. The highest BCUT2D eigenvalue weighted by atomic mass is 32.1. The SMILES string of the molecule is c1ccc(-c2ccccc2N(c2ccc(-c3ccc4ccccc4c3)cc2)c2ccc3c(ccc4sc5ccccc5c43)c2)cc1. The lowest BCUT2D eigenvalue weighted by molar-refractivity contribution is 1.29. The largest absolute Gasteiger partial charge is 0.310 e. The monoisotopic (exact) mass is 603 g/mol. The van der Waals surface area contributed by atoms with Crippen LogP contribution in [0.3, 0.4) is 0 Å². The van der Waals surface area contributed by atoms with Crippen molar-refractivity contribution in [1.82, 2.24) is 0 Å². The summed E-state index contributed by atoms with van der Waals surface area (Å²) in [5.74, 6) is 0. The molecule has 0 saturated heterocycles. The van der Waals surface area contributed by atoms with Gasteiger partial charge in [-0.1, -0.05) is 127 Å². The van der Waals surface area contributed by atoms with E-state index in [0.717, 1.165) is 17.1 Å². The van der Waals surface area contributed by atoms with Gasteiger partial charge in [-0.2, -0.15) is 0 Å². The van der Waals surface area contributed by atoms with Gasteiger partial charge in [0.25, 0.3) is 0 Å². The Labute approximate surface area is 272 Å². The average molecular weight is 604 g/mol. The van der Waals surface area contributed by atoms with Crippen LogP contribution in [0.5, 0.6) is 0 Å². The number of hydrogen-bond donors (Lipinski definition) is 0. The van der Waals surface area contributed by atoms with Gasteiger partial charge in [-0.3, -0.25) is 0 Å². The zero-order chi connectivity index (χ0) is 30.5. The summed E-state index contributed by atoms with van der Waals surface area (Å²) in [6.07, 6.45) is 0. The molecule has 46 heavy (non-hydrogen) atoms. The summed E-state index contributed by atoms with van der Waals surface area (Å²) < 4.78 is 2.66. The fraction of sp³-hybridized carbons (Fsp3) is 0. The van der Waals surface area contributed by atoms with E-state index in [1.165, 1.54) is 64.0 Å². The van der Waals surface area contributed by atoms with Crippen LogP contribution in [0, 0.1) is 0 Å². The van der Waals surface area contributed by atoms with Crippen LogP contribution in [0.2, 0.25) is 0 Å². The number of rotatable bonds is 5. The smallest absolute Gasteiger partial charge is 0.0540 e. The Balaban J connectivity index is 1.21. The lowest BCUT2D eigenvalue weighted by Gasteiger charge is -2.28. The normalized spacial score (nSPS) is 11.5. The zero-order valence-corrected chi connectivity index (χ0v) is 25.9. The third kappa shape index (κ3) is 4.54. The second-order valence-corrected chi connectivity index (χ2v) is 12.9. The molecular formula is C44H29NS. The quantitative estimate of drug-likeness (QED) is 0.189. The van der Waals surface area contributed by atoms with Crippen molar-refractivity contribution in [1.29, 1.82) is 0 Å². The topological polar surface area (TPSA) is 3.24 Å². The number of nitrogens with zero attached hydrogens (tertiary/aromatic N) is 1. The molecule has 0 amide bonds. The third-order valence-corrected chi connectivity index (χ3v) is 10.2. The summed E-state index contributed by atoms with van der Waals surface area (Å²) in [6, 6.07) is 64.0. The van der Waals surface area contributed by atoms with Crippen LogP contribution in [0.1, 0.15) is 0 Å². The number of fused-ring (bicyclic) bond motifs is 6. The van der Waals surface area contributed by atoms with Gasteiger partial charge in [0.15, 0.2) is 0 Å². The van der Waals surface area contributed by atoms with Gasteiger partial charge in [0.05, 0.1) is 5.69 Å². The number of hydrogen-bond acceptors (Lipinski definition) is 2. The molecule has 0 aliphatic rings. The van der Waals surface area contributed by atoms with Crippen LogP contribution in [-0.2, 0) is 0 Å². The minimum absolute atomic E-state index is 1.12. The van der Waals surface area contributed by atoms with E-state index in [0.29, 0.717) is 0 Å². The lowest BCUT2D eigenvalue weighted by Crippen LogP contribution is -2.11. The molecule has 1 heterocycles. The zero-order valence-electron chi connectivity index (χ0n) is 25.1. The molecule has 0 N–H and O–H groups in total. The first-order chi connectivity index (χ1) is 22.8. The van der Waals surface area contributed by atoms with Crippen molar-refractivity contribution in [2.45, 2.75) is 0 Å². The molecule has 0 unspecified atom stereocenters.